The number of nitrogens with zero attached hydrogens (tertiary/aromatic N) is 3. The van der Waals surface area contributed by atoms with Crippen LogP contribution in [-0.4, -0.2) is 46.7 Å². The number of nitro benzene ring substituents is 1. The van der Waals surface area contributed by atoms with Crippen molar-refractivity contribution < 1.29 is 29.1 Å². The summed E-state index contributed by atoms with van der Waals surface area (Å²) < 4.78 is 9.47. The number of phenols is 1. The number of phenolic OH excluding ortho intramolecular Hbond substituents is 1. The fraction of sp³-hybridized carbons (Fsp3) is 0.316. The highest BCUT2D eigenvalue weighted by Gasteiger charge is 2.23. The Morgan fingerprint density at radius 3 is 2.55 bits per heavy atom. The normalized spacial score (nSPS) is 10.4. The zero-order valence-electron chi connectivity index (χ0n) is 15.9. The first kappa shape index (κ1) is 23.0. The third kappa shape index (κ3) is 6.26. The van der Waals surface area contributed by atoms with Crippen LogP contribution in [0, 0.1) is 33.8 Å². The van der Waals surface area contributed by atoms with Gasteiger partial charge in [0.15, 0.2) is 5.75 Å². The maximum atomic E-state index is 12.4. The van der Waals surface area contributed by atoms with E-state index in [0.717, 1.165) is 18.2 Å². The molecule has 0 aliphatic heterocycles. The predicted molar refractivity (Wildman–Crippen MR) is 102 cm³/mol. The number of ether oxygens (including phenoxy) is 2. The fourth-order valence-corrected chi connectivity index (χ4v) is 2.22. The van der Waals surface area contributed by atoms with Gasteiger partial charge in [-0.3, -0.25) is 14.9 Å². The summed E-state index contributed by atoms with van der Waals surface area (Å²) >= 11 is 0. The van der Waals surface area contributed by atoms with Gasteiger partial charge in [-0.25, -0.2) is 4.79 Å². The lowest BCUT2D eigenvalue weighted by Crippen LogP contribution is -2.31. The lowest BCUT2D eigenvalue weighted by atomic mass is 10.1. The van der Waals surface area contributed by atoms with Gasteiger partial charge in [0.1, 0.15) is 18.2 Å². The minimum atomic E-state index is -1.23. The molecule has 0 fully saturated rings. The topological polar surface area (TPSA) is 143 Å². The third-order valence-corrected chi connectivity index (χ3v) is 3.65. The van der Waals surface area contributed by atoms with E-state index in [0.29, 0.717) is 13.1 Å². The number of benzene rings is 1. The number of aromatic hydroxyl groups is 1. The first-order valence-electron chi connectivity index (χ1n) is 8.49. The van der Waals surface area contributed by atoms with Crippen LogP contribution < -0.4 is 4.74 Å². The number of nitro groups is 1. The second kappa shape index (κ2) is 10.9. The average molecular weight is 401 g/mol. The Morgan fingerprint density at radius 1 is 1.38 bits per heavy atom. The third-order valence-electron chi connectivity index (χ3n) is 3.65. The molecule has 0 spiro atoms. The molecule has 10 nitrogen and oxygen atoms in total. The standard InChI is InChI=1S/C19H19N3O7/c1-4-7-8-28-19(25)29-16-11-13(10-15(17(16)23)22(26)27)9-14(12-20)18(24)21(5-2)6-3/h1,9-11,23H,5-8H2,2-3H3/b14-9+. The van der Waals surface area contributed by atoms with E-state index in [1.54, 1.807) is 19.9 Å². The summed E-state index contributed by atoms with van der Waals surface area (Å²) in [5.41, 5.74) is -1.06. The van der Waals surface area contributed by atoms with Crippen LogP contribution in [0.3, 0.4) is 0 Å². The number of terminal acetylenes is 1. The molecule has 0 saturated carbocycles. The fourth-order valence-electron chi connectivity index (χ4n) is 2.22. The summed E-state index contributed by atoms with van der Waals surface area (Å²) in [6, 6.07) is 3.75. The van der Waals surface area contributed by atoms with E-state index < -0.39 is 34.2 Å². The second-order valence-corrected chi connectivity index (χ2v) is 5.45. The number of carbonyl (C=O) groups excluding carboxylic acids is 2. The Bertz CT molecular complexity index is 906. The van der Waals surface area contributed by atoms with E-state index in [-0.39, 0.29) is 24.2 Å². The maximum Gasteiger partial charge on any atom is 0.514 e. The van der Waals surface area contributed by atoms with Gasteiger partial charge < -0.3 is 19.5 Å². The zero-order chi connectivity index (χ0) is 22.0. The monoisotopic (exact) mass is 401 g/mol. The molecule has 0 saturated heterocycles. The van der Waals surface area contributed by atoms with E-state index in [4.69, 9.17) is 11.2 Å². The maximum absolute atomic E-state index is 12.4. The summed E-state index contributed by atoms with van der Waals surface area (Å²) in [5.74, 6) is 0.204. The first-order valence-corrected chi connectivity index (χ1v) is 8.49. The van der Waals surface area contributed by atoms with Crippen LogP contribution in [0.5, 0.6) is 11.5 Å². The molecule has 0 bridgehead atoms. The van der Waals surface area contributed by atoms with Gasteiger partial charge in [0.2, 0.25) is 5.75 Å². The van der Waals surface area contributed by atoms with E-state index in [1.807, 2.05) is 0 Å². The van der Waals surface area contributed by atoms with Gasteiger partial charge in [-0.15, -0.1) is 12.3 Å². The number of amides is 1. The summed E-state index contributed by atoms with van der Waals surface area (Å²) in [6.45, 7) is 4.05. The van der Waals surface area contributed by atoms with Gasteiger partial charge >= 0.3 is 11.8 Å². The van der Waals surface area contributed by atoms with Crippen LogP contribution >= 0.6 is 0 Å². The number of rotatable bonds is 8. The predicted octanol–water partition coefficient (Wildman–Crippen LogP) is 2.61. The SMILES string of the molecule is C#CCCOC(=O)Oc1cc(/C=C(\C#N)C(=O)N(CC)CC)cc([N+](=O)[O-])c1O. The minimum Gasteiger partial charge on any atom is -0.499 e. The molecule has 0 aromatic heterocycles. The Kier molecular flexibility index (Phi) is 8.68. The van der Waals surface area contributed by atoms with E-state index in [9.17, 15) is 30.1 Å². The van der Waals surface area contributed by atoms with Crippen LogP contribution in [0.25, 0.3) is 6.08 Å². The molecule has 0 heterocycles. The summed E-state index contributed by atoms with van der Waals surface area (Å²) in [6.07, 6.45) is 5.03. The number of likely N-dealkylation sites (N-methyl/N-ethyl adjacent to an activating group) is 1. The average Bonchev–Trinajstić information content (AvgIpc) is 2.69. The number of hydrogen-bond acceptors (Lipinski definition) is 8. The van der Waals surface area contributed by atoms with Gasteiger partial charge in [0.25, 0.3) is 5.91 Å². The Hall–Kier alpha value is -4.05. The molecule has 0 unspecified atom stereocenters. The first-order chi connectivity index (χ1) is 13.8. The van der Waals surface area contributed by atoms with Crippen molar-refractivity contribution in [3.8, 4) is 29.9 Å². The molecule has 0 radical (unpaired) electrons. The van der Waals surface area contributed by atoms with Crippen LogP contribution in [-0.2, 0) is 9.53 Å². The molecular weight excluding hydrogens is 382 g/mol. The van der Waals surface area contributed by atoms with Crippen molar-refractivity contribution in [3.05, 3.63) is 33.4 Å². The number of nitriles is 1. The summed E-state index contributed by atoms with van der Waals surface area (Å²) in [7, 11) is 0. The van der Waals surface area contributed by atoms with Crippen LogP contribution in [0.15, 0.2) is 17.7 Å². The molecule has 0 aliphatic rings. The van der Waals surface area contributed by atoms with Crippen molar-refractivity contribution in [2.75, 3.05) is 19.7 Å². The lowest BCUT2D eigenvalue weighted by molar-refractivity contribution is -0.385. The lowest BCUT2D eigenvalue weighted by Gasteiger charge is -2.17. The van der Waals surface area contributed by atoms with Gasteiger partial charge in [-0.2, -0.15) is 5.26 Å². The van der Waals surface area contributed by atoms with E-state index in [1.165, 1.54) is 4.90 Å². The van der Waals surface area contributed by atoms with Crippen molar-refractivity contribution in [1.82, 2.24) is 4.90 Å². The van der Waals surface area contributed by atoms with Crippen molar-refractivity contribution in [3.63, 3.8) is 0 Å². The molecule has 1 aromatic rings. The Labute approximate surface area is 167 Å². The van der Waals surface area contributed by atoms with Gasteiger partial charge in [-0.05, 0) is 31.6 Å². The van der Waals surface area contributed by atoms with Gasteiger partial charge in [0, 0.05) is 25.6 Å². The zero-order valence-corrected chi connectivity index (χ0v) is 15.9. The molecule has 152 valence electrons. The van der Waals surface area contributed by atoms with Gasteiger partial charge in [-0.1, -0.05) is 0 Å². The van der Waals surface area contributed by atoms with Crippen molar-refractivity contribution in [2.24, 2.45) is 0 Å². The summed E-state index contributed by atoms with van der Waals surface area (Å²) in [4.78, 5) is 35.7. The Morgan fingerprint density at radius 2 is 2.03 bits per heavy atom. The highest BCUT2D eigenvalue weighted by molar-refractivity contribution is 6.01. The molecule has 1 N–H and O–H groups in total. The molecule has 1 amide bonds. The van der Waals surface area contributed by atoms with Crippen molar-refractivity contribution >= 4 is 23.8 Å². The van der Waals surface area contributed by atoms with Crippen LogP contribution in [0.2, 0.25) is 0 Å². The molecule has 1 aromatic carbocycles. The molecule has 1 rings (SSSR count). The highest BCUT2D eigenvalue weighted by Crippen LogP contribution is 2.38. The molecule has 29 heavy (non-hydrogen) atoms. The number of hydrogen-bond donors (Lipinski definition) is 1. The quantitative estimate of drug-likeness (QED) is 0.102. The molecule has 0 atom stereocenters. The van der Waals surface area contributed by atoms with Crippen molar-refractivity contribution in [2.45, 2.75) is 20.3 Å². The number of carbonyl (C=O) groups is 2. The smallest absolute Gasteiger partial charge is 0.499 e. The van der Waals surface area contributed by atoms with E-state index >= 15 is 0 Å². The Balaban J connectivity index is 3.34. The summed E-state index contributed by atoms with van der Waals surface area (Å²) in [5, 5.41) is 30.5. The molecule has 10 heteroatoms. The highest BCUT2D eigenvalue weighted by atomic mass is 16.7. The largest absolute Gasteiger partial charge is 0.514 e. The van der Waals surface area contributed by atoms with Crippen LogP contribution in [0.4, 0.5) is 10.5 Å². The molecular formula is C19H19N3O7. The minimum absolute atomic E-state index is 0.00187. The van der Waals surface area contributed by atoms with Crippen molar-refractivity contribution in [1.29, 1.82) is 5.26 Å². The van der Waals surface area contributed by atoms with E-state index in [2.05, 4.69) is 10.7 Å². The molecule has 0 aliphatic carbocycles. The van der Waals surface area contributed by atoms with Gasteiger partial charge in [0.05, 0.1) is 4.92 Å². The van der Waals surface area contributed by atoms with Crippen LogP contribution in [0.1, 0.15) is 25.8 Å². The second-order valence-electron chi connectivity index (χ2n) is 5.45.